The standard InChI is InChI=1S/C13H12F4N4O2S/c1-2-22-9-5-7(3-4-8(9)23-12(16)17)6-18-21-11(10(14)15)19-20-13(21)24/h3-6,10,12H,2H2,1H3,(H,20,24)/b18-6+. The Morgan fingerprint density at radius 2 is 2.08 bits per heavy atom. The van der Waals surface area contributed by atoms with E-state index in [1.807, 2.05) is 0 Å². The van der Waals surface area contributed by atoms with E-state index < -0.39 is 18.9 Å². The number of nitrogens with one attached hydrogen (secondary N) is 1. The van der Waals surface area contributed by atoms with Gasteiger partial charge in [0.25, 0.3) is 6.43 Å². The van der Waals surface area contributed by atoms with Gasteiger partial charge in [-0.05, 0) is 42.9 Å². The van der Waals surface area contributed by atoms with Crippen molar-refractivity contribution in [1.82, 2.24) is 14.9 Å². The van der Waals surface area contributed by atoms with Crippen LogP contribution in [-0.2, 0) is 0 Å². The lowest BCUT2D eigenvalue weighted by molar-refractivity contribution is -0.0514. The summed E-state index contributed by atoms with van der Waals surface area (Å²) in [4.78, 5) is 0. The normalized spacial score (nSPS) is 11.6. The number of hydrogen-bond acceptors (Lipinski definition) is 5. The molecule has 130 valence electrons. The Morgan fingerprint density at radius 3 is 2.71 bits per heavy atom. The summed E-state index contributed by atoms with van der Waals surface area (Å²) < 4.78 is 60.4. The van der Waals surface area contributed by atoms with Gasteiger partial charge in [-0.15, -0.1) is 0 Å². The summed E-state index contributed by atoms with van der Waals surface area (Å²) in [7, 11) is 0. The topological polar surface area (TPSA) is 64.4 Å². The first-order chi connectivity index (χ1) is 11.4. The van der Waals surface area contributed by atoms with Crippen LogP contribution in [0.5, 0.6) is 11.5 Å². The number of hydrogen-bond donors (Lipinski definition) is 1. The molecular weight excluding hydrogens is 352 g/mol. The average Bonchev–Trinajstić information content (AvgIpc) is 2.88. The summed E-state index contributed by atoms with van der Waals surface area (Å²) in [5, 5.41) is 9.40. The van der Waals surface area contributed by atoms with Crippen LogP contribution in [0.1, 0.15) is 24.7 Å². The molecule has 2 aromatic rings. The Morgan fingerprint density at radius 1 is 1.33 bits per heavy atom. The zero-order chi connectivity index (χ0) is 17.7. The largest absolute Gasteiger partial charge is 0.490 e. The van der Waals surface area contributed by atoms with Gasteiger partial charge in [0.15, 0.2) is 11.5 Å². The third kappa shape index (κ3) is 4.31. The molecule has 1 heterocycles. The molecule has 2 rings (SSSR count). The predicted octanol–water partition coefficient (Wildman–Crippen LogP) is 3.76. The molecule has 1 N–H and O–H groups in total. The van der Waals surface area contributed by atoms with Gasteiger partial charge in [-0.1, -0.05) is 0 Å². The molecule has 0 atom stereocenters. The highest BCUT2D eigenvalue weighted by Crippen LogP contribution is 2.29. The second-order valence-electron chi connectivity index (χ2n) is 4.26. The molecule has 0 bridgehead atoms. The first kappa shape index (κ1) is 17.9. The van der Waals surface area contributed by atoms with Gasteiger partial charge in [-0.2, -0.15) is 23.7 Å². The van der Waals surface area contributed by atoms with E-state index in [0.717, 1.165) is 4.68 Å². The van der Waals surface area contributed by atoms with Crippen molar-refractivity contribution in [2.24, 2.45) is 5.10 Å². The third-order valence-electron chi connectivity index (χ3n) is 2.68. The molecule has 0 unspecified atom stereocenters. The second kappa shape index (κ2) is 7.90. The van der Waals surface area contributed by atoms with E-state index in [9.17, 15) is 17.6 Å². The van der Waals surface area contributed by atoms with Gasteiger partial charge in [0, 0.05) is 0 Å². The highest BCUT2D eigenvalue weighted by atomic mass is 32.1. The maximum absolute atomic E-state index is 12.8. The van der Waals surface area contributed by atoms with Gasteiger partial charge in [-0.3, -0.25) is 0 Å². The molecule has 24 heavy (non-hydrogen) atoms. The van der Waals surface area contributed by atoms with Crippen molar-refractivity contribution in [3.05, 3.63) is 34.4 Å². The van der Waals surface area contributed by atoms with Crippen LogP contribution in [0.15, 0.2) is 23.3 Å². The van der Waals surface area contributed by atoms with Crippen LogP contribution < -0.4 is 9.47 Å². The summed E-state index contributed by atoms with van der Waals surface area (Å²) in [5.74, 6) is -0.706. The van der Waals surface area contributed by atoms with Crippen LogP contribution >= 0.6 is 12.2 Å². The van der Waals surface area contributed by atoms with E-state index in [2.05, 4.69) is 20.0 Å². The molecule has 0 saturated heterocycles. The van der Waals surface area contributed by atoms with Crippen molar-refractivity contribution in [3.63, 3.8) is 0 Å². The Kier molecular flexibility index (Phi) is 5.90. The average molecular weight is 364 g/mol. The van der Waals surface area contributed by atoms with Gasteiger partial charge >= 0.3 is 6.61 Å². The highest BCUT2D eigenvalue weighted by Gasteiger charge is 2.16. The fourth-order valence-electron chi connectivity index (χ4n) is 1.75. The van der Waals surface area contributed by atoms with Crippen LogP contribution in [0.25, 0.3) is 0 Å². The molecule has 11 heteroatoms. The lowest BCUT2D eigenvalue weighted by Gasteiger charge is -2.11. The number of ether oxygens (including phenoxy) is 2. The summed E-state index contributed by atoms with van der Waals surface area (Å²) in [5.41, 5.74) is 0.406. The molecule has 0 saturated carbocycles. The molecule has 0 amide bonds. The highest BCUT2D eigenvalue weighted by molar-refractivity contribution is 7.71. The number of rotatable bonds is 7. The minimum Gasteiger partial charge on any atom is -0.490 e. The van der Waals surface area contributed by atoms with Crippen LogP contribution in [0.3, 0.4) is 0 Å². The fraction of sp³-hybridized carbons (Fsp3) is 0.308. The Balaban J connectivity index is 2.31. The van der Waals surface area contributed by atoms with E-state index in [1.165, 1.54) is 24.4 Å². The van der Waals surface area contributed by atoms with Crippen molar-refractivity contribution < 1.29 is 27.0 Å². The Hall–Kier alpha value is -2.43. The number of aromatic amines is 1. The molecular formula is C13H12F4N4O2S. The maximum Gasteiger partial charge on any atom is 0.387 e. The van der Waals surface area contributed by atoms with Gasteiger partial charge in [-0.25, -0.2) is 13.9 Å². The minimum absolute atomic E-state index is 0.0756. The smallest absolute Gasteiger partial charge is 0.387 e. The SMILES string of the molecule is CCOc1cc(/C=N/n2c(C(F)F)n[nH]c2=S)ccc1OC(F)F. The van der Waals surface area contributed by atoms with E-state index in [0.29, 0.717) is 5.56 Å². The molecule has 1 aromatic heterocycles. The van der Waals surface area contributed by atoms with Crippen LogP contribution in [0.4, 0.5) is 17.6 Å². The number of benzene rings is 1. The first-order valence-electron chi connectivity index (χ1n) is 6.63. The van der Waals surface area contributed by atoms with Gasteiger partial charge in [0.2, 0.25) is 10.6 Å². The summed E-state index contributed by atoms with van der Waals surface area (Å²) in [6.07, 6.45) is -1.65. The fourth-order valence-corrected chi connectivity index (χ4v) is 1.93. The molecule has 1 aromatic carbocycles. The lowest BCUT2D eigenvalue weighted by atomic mass is 10.2. The molecule has 0 aliphatic carbocycles. The van der Waals surface area contributed by atoms with Crippen molar-refractivity contribution >= 4 is 18.4 Å². The van der Waals surface area contributed by atoms with Crippen molar-refractivity contribution in [2.45, 2.75) is 20.0 Å². The lowest BCUT2D eigenvalue weighted by Crippen LogP contribution is -2.05. The number of alkyl halides is 4. The minimum atomic E-state index is -3.00. The van der Waals surface area contributed by atoms with Crippen LogP contribution in [0.2, 0.25) is 0 Å². The number of aromatic nitrogens is 3. The monoisotopic (exact) mass is 364 g/mol. The molecule has 0 radical (unpaired) electrons. The summed E-state index contributed by atoms with van der Waals surface area (Å²) in [6, 6.07) is 4.06. The Bertz CT molecular complexity index is 776. The predicted molar refractivity (Wildman–Crippen MR) is 79.6 cm³/mol. The van der Waals surface area contributed by atoms with Crippen LogP contribution in [-0.4, -0.2) is 34.3 Å². The van der Waals surface area contributed by atoms with Crippen molar-refractivity contribution in [2.75, 3.05) is 6.61 Å². The van der Waals surface area contributed by atoms with Gasteiger partial charge in [0.1, 0.15) is 0 Å². The van der Waals surface area contributed by atoms with Crippen molar-refractivity contribution in [3.8, 4) is 11.5 Å². The quantitative estimate of drug-likeness (QED) is 0.462. The zero-order valence-corrected chi connectivity index (χ0v) is 13.1. The maximum atomic E-state index is 12.8. The van der Waals surface area contributed by atoms with Crippen LogP contribution in [0, 0.1) is 4.77 Å². The van der Waals surface area contributed by atoms with E-state index in [-0.39, 0.29) is 22.9 Å². The van der Waals surface area contributed by atoms with E-state index >= 15 is 0 Å². The second-order valence-corrected chi connectivity index (χ2v) is 4.65. The van der Waals surface area contributed by atoms with E-state index in [1.54, 1.807) is 6.92 Å². The molecule has 0 spiro atoms. The van der Waals surface area contributed by atoms with E-state index in [4.69, 9.17) is 17.0 Å². The third-order valence-corrected chi connectivity index (χ3v) is 2.94. The summed E-state index contributed by atoms with van der Waals surface area (Å²) in [6.45, 7) is -1.10. The number of halogens is 4. The number of nitrogens with zero attached hydrogens (tertiary/aromatic N) is 3. The van der Waals surface area contributed by atoms with Crippen molar-refractivity contribution in [1.29, 1.82) is 0 Å². The molecule has 0 fully saturated rings. The Labute approximate surface area is 138 Å². The molecule has 0 aliphatic heterocycles. The van der Waals surface area contributed by atoms with Gasteiger partial charge < -0.3 is 9.47 Å². The zero-order valence-electron chi connectivity index (χ0n) is 12.2. The number of H-pyrrole nitrogens is 1. The molecule has 0 aliphatic rings. The van der Waals surface area contributed by atoms with Gasteiger partial charge in [0.05, 0.1) is 12.8 Å². The first-order valence-corrected chi connectivity index (χ1v) is 7.04. The summed E-state index contributed by atoms with van der Waals surface area (Å²) >= 11 is 4.81. The molecule has 6 nitrogen and oxygen atoms in total.